The first-order valence-electron chi connectivity index (χ1n) is 7.67. The molecule has 3 unspecified atom stereocenters. The van der Waals surface area contributed by atoms with Gasteiger partial charge in [-0.1, -0.05) is 37.3 Å². The summed E-state index contributed by atoms with van der Waals surface area (Å²) < 4.78 is 23.3. The number of nitrogens with zero attached hydrogens (tertiary/aromatic N) is 1. The Morgan fingerprint density at radius 3 is 2.43 bits per heavy atom. The van der Waals surface area contributed by atoms with Crippen LogP contribution in [0.3, 0.4) is 0 Å². The van der Waals surface area contributed by atoms with Crippen molar-refractivity contribution >= 4 is 28.2 Å². The second kappa shape index (κ2) is 8.13. The molecule has 7 heteroatoms. The van der Waals surface area contributed by atoms with Crippen molar-refractivity contribution in [1.82, 2.24) is 4.90 Å². The number of nitrogens with two attached hydrogens (primary N) is 1. The molecule has 1 aliphatic heterocycles. The van der Waals surface area contributed by atoms with E-state index in [1.54, 1.807) is 4.90 Å². The minimum atomic E-state index is -3.01. The summed E-state index contributed by atoms with van der Waals surface area (Å²) >= 11 is 0. The summed E-state index contributed by atoms with van der Waals surface area (Å²) in [6.07, 6.45) is 0.523. The lowest BCUT2D eigenvalue weighted by Gasteiger charge is -2.31. The molecule has 130 valence electrons. The van der Waals surface area contributed by atoms with E-state index in [1.807, 2.05) is 44.2 Å². The van der Waals surface area contributed by atoms with Crippen molar-refractivity contribution in [2.24, 2.45) is 11.7 Å². The quantitative estimate of drug-likeness (QED) is 0.867. The zero-order chi connectivity index (χ0) is 16.3. The molecule has 2 rings (SSSR count). The van der Waals surface area contributed by atoms with Crippen LogP contribution >= 0.6 is 12.4 Å². The molecule has 1 aromatic rings. The average molecular weight is 361 g/mol. The van der Waals surface area contributed by atoms with Gasteiger partial charge in [-0.15, -0.1) is 12.4 Å². The normalized spacial score (nSPS) is 22.0. The molecule has 1 saturated heterocycles. The second-order valence-corrected chi connectivity index (χ2v) is 8.13. The fraction of sp³-hybridized carbons (Fsp3) is 0.562. The zero-order valence-electron chi connectivity index (χ0n) is 13.5. The number of sulfone groups is 1. The first-order valence-corrected chi connectivity index (χ1v) is 9.49. The van der Waals surface area contributed by atoms with Crippen LogP contribution in [0.5, 0.6) is 0 Å². The van der Waals surface area contributed by atoms with Gasteiger partial charge in [0.25, 0.3) is 0 Å². The summed E-state index contributed by atoms with van der Waals surface area (Å²) in [4.78, 5) is 14.4. The van der Waals surface area contributed by atoms with Crippen LogP contribution in [0, 0.1) is 5.92 Å². The highest BCUT2D eigenvalue weighted by atomic mass is 35.5. The van der Waals surface area contributed by atoms with E-state index < -0.39 is 9.84 Å². The SMILES string of the molecule is CCN(C(=O)C(C)C(N)c1ccccc1)C1CCS(=O)(=O)C1.Cl. The number of amides is 1. The van der Waals surface area contributed by atoms with Gasteiger partial charge in [-0.2, -0.15) is 0 Å². The van der Waals surface area contributed by atoms with Crippen molar-refractivity contribution < 1.29 is 13.2 Å². The Morgan fingerprint density at radius 1 is 1.35 bits per heavy atom. The summed E-state index contributed by atoms with van der Waals surface area (Å²) in [5, 5.41) is 0. The predicted molar refractivity (Wildman–Crippen MR) is 94.2 cm³/mol. The van der Waals surface area contributed by atoms with Crippen molar-refractivity contribution in [2.45, 2.75) is 32.4 Å². The molecule has 0 aromatic heterocycles. The van der Waals surface area contributed by atoms with Crippen molar-refractivity contribution in [1.29, 1.82) is 0 Å². The first-order chi connectivity index (χ1) is 10.4. The smallest absolute Gasteiger partial charge is 0.227 e. The standard InChI is InChI=1S/C16H24N2O3S.ClH/c1-3-18(14-9-10-22(20,21)11-14)16(19)12(2)15(17)13-7-5-4-6-8-13;/h4-8,12,14-15H,3,9-11,17H2,1-2H3;1H. The molecule has 1 aromatic carbocycles. The molecule has 0 spiro atoms. The number of carbonyl (C=O) groups is 1. The van der Waals surface area contributed by atoms with Crippen LogP contribution in [0.4, 0.5) is 0 Å². The molecule has 0 saturated carbocycles. The van der Waals surface area contributed by atoms with Gasteiger partial charge in [0, 0.05) is 18.6 Å². The van der Waals surface area contributed by atoms with E-state index in [9.17, 15) is 13.2 Å². The van der Waals surface area contributed by atoms with E-state index in [2.05, 4.69) is 0 Å². The third-order valence-corrected chi connectivity index (χ3v) is 6.14. The van der Waals surface area contributed by atoms with Crippen molar-refractivity contribution in [3.8, 4) is 0 Å². The third kappa shape index (κ3) is 4.68. The van der Waals surface area contributed by atoms with Gasteiger partial charge in [0.2, 0.25) is 5.91 Å². The Balaban J connectivity index is 0.00000264. The summed E-state index contributed by atoms with van der Waals surface area (Å²) in [6.45, 7) is 4.20. The van der Waals surface area contributed by atoms with Gasteiger partial charge in [-0.25, -0.2) is 8.42 Å². The number of carbonyl (C=O) groups excluding carboxylic acids is 1. The Morgan fingerprint density at radius 2 is 1.96 bits per heavy atom. The van der Waals surface area contributed by atoms with Gasteiger partial charge in [-0.3, -0.25) is 4.79 Å². The van der Waals surface area contributed by atoms with Gasteiger partial charge in [0.05, 0.1) is 17.4 Å². The van der Waals surface area contributed by atoms with Gasteiger partial charge >= 0.3 is 0 Å². The lowest BCUT2D eigenvalue weighted by atomic mass is 9.93. The highest BCUT2D eigenvalue weighted by molar-refractivity contribution is 7.91. The van der Waals surface area contributed by atoms with Gasteiger partial charge in [0.1, 0.15) is 0 Å². The Labute approximate surface area is 144 Å². The highest BCUT2D eigenvalue weighted by Gasteiger charge is 2.36. The Kier molecular flexibility index (Phi) is 7.04. The molecule has 0 aliphatic carbocycles. The Hall–Kier alpha value is -1.11. The maximum atomic E-state index is 12.7. The lowest BCUT2D eigenvalue weighted by molar-refractivity contribution is -0.137. The topological polar surface area (TPSA) is 80.5 Å². The van der Waals surface area contributed by atoms with Crippen molar-refractivity contribution in [3.63, 3.8) is 0 Å². The molecular formula is C16H25ClN2O3S. The van der Waals surface area contributed by atoms with Crippen LogP contribution in [-0.4, -0.2) is 43.3 Å². The number of hydrogen-bond donors (Lipinski definition) is 1. The second-order valence-electron chi connectivity index (χ2n) is 5.91. The van der Waals surface area contributed by atoms with Gasteiger partial charge in [0.15, 0.2) is 9.84 Å². The summed E-state index contributed by atoms with van der Waals surface area (Å²) in [5.74, 6) is -0.216. The predicted octanol–water partition coefficient (Wildman–Crippen LogP) is 1.78. The number of halogens is 1. The maximum Gasteiger partial charge on any atom is 0.227 e. The molecule has 23 heavy (non-hydrogen) atoms. The average Bonchev–Trinajstić information content (AvgIpc) is 2.87. The Bertz CT molecular complexity index is 621. The first kappa shape index (κ1) is 19.9. The molecule has 1 fully saturated rings. The maximum absolute atomic E-state index is 12.7. The molecule has 1 heterocycles. The van der Waals surface area contributed by atoms with E-state index >= 15 is 0 Å². The largest absolute Gasteiger partial charge is 0.339 e. The van der Waals surface area contributed by atoms with Crippen molar-refractivity contribution in [3.05, 3.63) is 35.9 Å². The zero-order valence-corrected chi connectivity index (χ0v) is 15.1. The van der Waals surface area contributed by atoms with Crippen LogP contribution in [0.15, 0.2) is 30.3 Å². The monoisotopic (exact) mass is 360 g/mol. The van der Waals surface area contributed by atoms with E-state index in [-0.39, 0.29) is 47.8 Å². The van der Waals surface area contributed by atoms with Crippen LogP contribution in [0.1, 0.15) is 31.9 Å². The van der Waals surface area contributed by atoms with E-state index in [1.165, 1.54) is 0 Å². The van der Waals surface area contributed by atoms with Crippen LogP contribution in [-0.2, 0) is 14.6 Å². The van der Waals surface area contributed by atoms with E-state index in [0.717, 1.165) is 5.56 Å². The van der Waals surface area contributed by atoms with Gasteiger partial charge < -0.3 is 10.6 Å². The summed E-state index contributed by atoms with van der Waals surface area (Å²) in [5.41, 5.74) is 7.13. The molecule has 5 nitrogen and oxygen atoms in total. The summed E-state index contributed by atoms with van der Waals surface area (Å²) in [7, 11) is -3.01. The third-order valence-electron chi connectivity index (χ3n) is 4.39. The summed E-state index contributed by atoms with van der Waals surface area (Å²) in [6, 6.07) is 8.91. The minimum Gasteiger partial charge on any atom is -0.339 e. The fourth-order valence-corrected chi connectivity index (χ4v) is 4.72. The van der Waals surface area contributed by atoms with E-state index in [0.29, 0.717) is 13.0 Å². The molecule has 3 atom stereocenters. The van der Waals surface area contributed by atoms with E-state index in [4.69, 9.17) is 5.73 Å². The van der Waals surface area contributed by atoms with Crippen LogP contribution < -0.4 is 5.73 Å². The van der Waals surface area contributed by atoms with Crippen LogP contribution in [0.2, 0.25) is 0 Å². The minimum absolute atomic E-state index is 0. The molecule has 1 aliphatic rings. The van der Waals surface area contributed by atoms with Gasteiger partial charge in [-0.05, 0) is 18.9 Å². The highest BCUT2D eigenvalue weighted by Crippen LogP contribution is 2.25. The number of hydrogen-bond acceptors (Lipinski definition) is 4. The fourth-order valence-electron chi connectivity index (χ4n) is 2.99. The van der Waals surface area contributed by atoms with Crippen molar-refractivity contribution in [2.75, 3.05) is 18.1 Å². The van der Waals surface area contributed by atoms with Crippen LogP contribution in [0.25, 0.3) is 0 Å². The molecule has 1 amide bonds. The number of benzene rings is 1. The number of rotatable bonds is 5. The molecular weight excluding hydrogens is 336 g/mol. The molecule has 0 bridgehead atoms. The lowest BCUT2D eigenvalue weighted by Crippen LogP contribution is -2.45. The molecule has 0 radical (unpaired) electrons. The molecule has 2 N–H and O–H groups in total.